The second-order valence-electron chi connectivity index (χ2n) is 8.20. The topological polar surface area (TPSA) is 113 Å². The normalized spacial score (nSPS) is 16.0. The van der Waals surface area contributed by atoms with Gasteiger partial charge in [-0.15, -0.1) is 0 Å². The number of aromatic nitrogens is 2. The van der Waals surface area contributed by atoms with Crippen molar-refractivity contribution in [3.63, 3.8) is 0 Å². The summed E-state index contributed by atoms with van der Waals surface area (Å²) in [6.07, 6.45) is 3.86. The predicted molar refractivity (Wildman–Crippen MR) is 129 cm³/mol. The fourth-order valence-electron chi connectivity index (χ4n) is 4.26. The zero-order chi connectivity index (χ0) is 24.9. The first-order valence-electron chi connectivity index (χ1n) is 11.0. The number of rotatable bonds is 5. The summed E-state index contributed by atoms with van der Waals surface area (Å²) in [6.45, 7) is 2.82. The Morgan fingerprint density at radius 3 is 2.54 bits per heavy atom. The van der Waals surface area contributed by atoms with Crippen LogP contribution in [-0.2, 0) is 16.4 Å². The minimum absolute atomic E-state index is 0.0223. The molecule has 2 aliphatic heterocycles. The molecule has 180 valence electrons. The van der Waals surface area contributed by atoms with Crippen molar-refractivity contribution in [2.24, 2.45) is 0 Å². The van der Waals surface area contributed by atoms with Crippen molar-refractivity contribution >= 4 is 39.2 Å². The SMILES string of the molecule is CCN1c2ncc(CCOc3ccc4c(c3)C(=O)N(C)S4(=O)=O)cc2C(=O)N(C)c2cccnc21. The Balaban J connectivity index is 1.36. The molecule has 0 atom stereocenters. The number of nitrogens with zero attached hydrogens (tertiary/aromatic N) is 5. The van der Waals surface area contributed by atoms with Gasteiger partial charge in [0, 0.05) is 39.5 Å². The van der Waals surface area contributed by atoms with Crippen molar-refractivity contribution in [2.75, 3.05) is 37.0 Å². The summed E-state index contributed by atoms with van der Waals surface area (Å²) in [4.78, 5) is 38.0. The quantitative estimate of drug-likeness (QED) is 0.533. The Labute approximate surface area is 202 Å². The van der Waals surface area contributed by atoms with E-state index in [9.17, 15) is 18.0 Å². The second-order valence-corrected chi connectivity index (χ2v) is 10.1. The number of ether oxygens (including phenoxy) is 1. The standard InChI is InChI=1S/C24H23N5O5S/c1-4-29-21-18(23(30)27(2)19-6-5-10-25-22(19)29)12-15(14-26-21)9-11-34-16-7-8-20-17(13-16)24(31)28(3)35(20,32)33/h5-8,10,12-14H,4,9,11H2,1-3H3. The number of pyridine rings is 2. The molecule has 35 heavy (non-hydrogen) atoms. The van der Waals surface area contributed by atoms with Crippen LogP contribution in [-0.4, -0.2) is 61.8 Å². The van der Waals surface area contributed by atoms with Gasteiger partial charge in [-0.1, -0.05) is 0 Å². The zero-order valence-electron chi connectivity index (χ0n) is 19.4. The van der Waals surface area contributed by atoms with Crippen LogP contribution in [0.1, 0.15) is 33.2 Å². The number of carbonyl (C=O) groups is 2. The molecule has 0 N–H and O–H groups in total. The van der Waals surface area contributed by atoms with Gasteiger partial charge in [0.15, 0.2) is 5.82 Å². The molecule has 5 rings (SSSR count). The van der Waals surface area contributed by atoms with Crippen LogP contribution in [0.2, 0.25) is 0 Å². The number of carbonyl (C=O) groups excluding carboxylic acids is 2. The molecule has 11 heteroatoms. The first-order chi connectivity index (χ1) is 16.7. The van der Waals surface area contributed by atoms with Crippen molar-refractivity contribution < 1.29 is 22.7 Å². The minimum atomic E-state index is -3.79. The van der Waals surface area contributed by atoms with E-state index in [0.29, 0.717) is 41.6 Å². The van der Waals surface area contributed by atoms with Crippen molar-refractivity contribution in [3.8, 4) is 5.75 Å². The zero-order valence-corrected chi connectivity index (χ0v) is 20.2. The van der Waals surface area contributed by atoms with Crippen LogP contribution < -0.4 is 14.5 Å². The summed E-state index contributed by atoms with van der Waals surface area (Å²) in [5, 5.41) is 0. The Hall–Kier alpha value is -3.99. The Morgan fingerprint density at radius 1 is 0.971 bits per heavy atom. The highest BCUT2D eigenvalue weighted by atomic mass is 32.2. The van der Waals surface area contributed by atoms with Gasteiger partial charge in [-0.3, -0.25) is 9.59 Å². The van der Waals surface area contributed by atoms with Gasteiger partial charge >= 0.3 is 0 Å². The Bertz CT molecular complexity index is 1470. The molecule has 2 amide bonds. The molecule has 4 heterocycles. The van der Waals surface area contributed by atoms with Gasteiger partial charge < -0.3 is 14.5 Å². The van der Waals surface area contributed by atoms with Crippen molar-refractivity contribution in [2.45, 2.75) is 18.2 Å². The maximum absolute atomic E-state index is 13.2. The third-order valence-electron chi connectivity index (χ3n) is 6.18. The molecule has 2 aliphatic rings. The van der Waals surface area contributed by atoms with Crippen LogP contribution in [0.5, 0.6) is 5.75 Å². The highest BCUT2D eigenvalue weighted by molar-refractivity contribution is 7.90. The van der Waals surface area contributed by atoms with E-state index in [2.05, 4.69) is 9.97 Å². The molecule has 0 fully saturated rings. The van der Waals surface area contributed by atoms with Crippen molar-refractivity contribution in [1.82, 2.24) is 14.3 Å². The maximum atomic E-state index is 13.2. The summed E-state index contributed by atoms with van der Waals surface area (Å²) in [5.74, 6) is 0.850. The minimum Gasteiger partial charge on any atom is -0.493 e. The van der Waals surface area contributed by atoms with E-state index in [4.69, 9.17) is 4.74 Å². The number of anilines is 3. The molecule has 0 bridgehead atoms. The van der Waals surface area contributed by atoms with Gasteiger partial charge in [0.2, 0.25) is 0 Å². The van der Waals surface area contributed by atoms with Crippen LogP contribution >= 0.6 is 0 Å². The third-order valence-corrected chi connectivity index (χ3v) is 7.98. The molecule has 0 saturated carbocycles. The van der Waals surface area contributed by atoms with E-state index in [1.54, 1.807) is 30.4 Å². The number of amides is 2. The summed E-state index contributed by atoms with van der Waals surface area (Å²) in [5.41, 5.74) is 2.08. The highest BCUT2D eigenvalue weighted by Gasteiger charge is 2.38. The first kappa shape index (κ1) is 22.8. The molecule has 0 spiro atoms. The summed E-state index contributed by atoms with van der Waals surface area (Å²) in [7, 11) is -0.837. The lowest BCUT2D eigenvalue weighted by Crippen LogP contribution is -2.25. The molecule has 1 aromatic carbocycles. The Kier molecular flexibility index (Phi) is 5.43. The highest BCUT2D eigenvalue weighted by Crippen LogP contribution is 2.37. The van der Waals surface area contributed by atoms with E-state index >= 15 is 0 Å². The van der Waals surface area contributed by atoms with E-state index in [-0.39, 0.29) is 23.0 Å². The van der Waals surface area contributed by atoms with Crippen LogP contribution in [0.25, 0.3) is 0 Å². The lowest BCUT2D eigenvalue weighted by atomic mass is 10.1. The van der Waals surface area contributed by atoms with Gasteiger partial charge in [-0.25, -0.2) is 22.7 Å². The molecule has 0 saturated heterocycles. The van der Waals surface area contributed by atoms with Crippen molar-refractivity contribution in [3.05, 3.63) is 65.5 Å². The molecular weight excluding hydrogens is 470 g/mol. The van der Waals surface area contributed by atoms with Gasteiger partial charge in [0.05, 0.1) is 23.4 Å². The van der Waals surface area contributed by atoms with Crippen molar-refractivity contribution in [1.29, 1.82) is 0 Å². The Morgan fingerprint density at radius 2 is 1.77 bits per heavy atom. The lowest BCUT2D eigenvalue weighted by Gasteiger charge is -2.22. The fourth-order valence-corrected chi connectivity index (χ4v) is 5.54. The molecule has 10 nitrogen and oxygen atoms in total. The number of hydrogen-bond donors (Lipinski definition) is 0. The molecule has 0 aliphatic carbocycles. The number of hydrogen-bond acceptors (Lipinski definition) is 8. The third kappa shape index (κ3) is 3.59. The van der Waals surface area contributed by atoms with Crippen LogP contribution in [0, 0.1) is 0 Å². The number of fused-ring (bicyclic) bond motifs is 3. The summed E-state index contributed by atoms with van der Waals surface area (Å²) < 4.78 is 31.0. The molecule has 0 radical (unpaired) electrons. The van der Waals surface area contributed by atoms with Crippen LogP contribution in [0.4, 0.5) is 17.3 Å². The second kappa shape index (κ2) is 8.35. The number of sulfonamides is 1. The van der Waals surface area contributed by atoms with Crippen LogP contribution in [0.3, 0.4) is 0 Å². The van der Waals surface area contributed by atoms with Crippen LogP contribution in [0.15, 0.2) is 53.7 Å². The van der Waals surface area contributed by atoms with E-state index in [0.717, 1.165) is 9.87 Å². The van der Waals surface area contributed by atoms with Gasteiger partial charge in [-0.2, -0.15) is 0 Å². The largest absolute Gasteiger partial charge is 0.493 e. The smallest absolute Gasteiger partial charge is 0.268 e. The van der Waals surface area contributed by atoms with Gasteiger partial charge in [0.1, 0.15) is 16.5 Å². The van der Waals surface area contributed by atoms with E-state index in [1.165, 1.54) is 25.2 Å². The van der Waals surface area contributed by atoms with E-state index < -0.39 is 15.9 Å². The van der Waals surface area contributed by atoms with Gasteiger partial charge in [0.25, 0.3) is 21.8 Å². The lowest BCUT2D eigenvalue weighted by molar-refractivity contribution is 0.0890. The monoisotopic (exact) mass is 493 g/mol. The summed E-state index contributed by atoms with van der Waals surface area (Å²) in [6, 6.07) is 9.81. The molecular formula is C24H23N5O5S. The molecule has 0 unspecified atom stereocenters. The molecule has 2 aromatic heterocycles. The van der Waals surface area contributed by atoms with Gasteiger partial charge in [-0.05, 0) is 48.9 Å². The van der Waals surface area contributed by atoms with E-state index in [1.807, 2.05) is 24.0 Å². The predicted octanol–water partition coefficient (Wildman–Crippen LogP) is 2.62. The summed E-state index contributed by atoms with van der Waals surface area (Å²) >= 11 is 0. The average molecular weight is 494 g/mol. The fraction of sp³-hybridized carbons (Fsp3) is 0.250. The maximum Gasteiger partial charge on any atom is 0.268 e. The average Bonchev–Trinajstić information content (AvgIpc) is 2.98. The first-order valence-corrected chi connectivity index (χ1v) is 12.5. The number of benzene rings is 1. The molecule has 3 aromatic rings.